The van der Waals surface area contributed by atoms with Gasteiger partial charge in [-0.05, 0) is 54.9 Å². The molecule has 1 aliphatic heterocycles. The van der Waals surface area contributed by atoms with Crippen molar-refractivity contribution in [3.8, 4) is 5.75 Å². The van der Waals surface area contributed by atoms with E-state index < -0.39 is 0 Å². The molecule has 0 radical (unpaired) electrons. The molecule has 1 aromatic carbocycles. The Balaban J connectivity index is 1.58. The maximum absolute atomic E-state index is 11.6. The number of aromatic nitrogens is 1. The van der Waals surface area contributed by atoms with Crippen LogP contribution in [-0.2, 0) is 11.2 Å². The zero-order chi connectivity index (χ0) is 23.0. The van der Waals surface area contributed by atoms with Gasteiger partial charge in [0.25, 0.3) is 0 Å². The number of piperidine rings is 1. The number of pyridine rings is 1. The Hall–Kier alpha value is -2.14. The summed E-state index contributed by atoms with van der Waals surface area (Å²) in [5.41, 5.74) is 2.38. The van der Waals surface area contributed by atoms with Gasteiger partial charge in [-0.2, -0.15) is 0 Å². The van der Waals surface area contributed by atoms with Crippen molar-refractivity contribution < 1.29 is 9.53 Å². The van der Waals surface area contributed by atoms with E-state index in [-0.39, 0.29) is 17.4 Å². The second kappa shape index (κ2) is 11.6. The van der Waals surface area contributed by atoms with Crippen LogP contribution >= 0.6 is 0 Å². The average Bonchev–Trinajstić information content (AvgIpc) is 2.79. The standard InChI is InChI=1S/C27H41N3O2/c1-5-7-8-10-21-17-22-11-9-14-28-26(22)24(18-21)32-23-12-15-30(16-13-23)20-27(3,4)19-29-25(31)6-2/h9,11,14,17-18,23H,5-8,10,12-13,15-16,19-20H2,1-4H3,(H,29,31). The monoisotopic (exact) mass is 439 g/mol. The minimum Gasteiger partial charge on any atom is -0.488 e. The Morgan fingerprint density at radius 2 is 2.00 bits per heavy atom. The summed E-state index contributed by atoms with van der Waals surface area (Å²) in [4.78, 5) is 18.7. The molecule has 2 aromatic rings. The van der Waals surface area contributed by atoms with E-state index in [1.54, 1.807) is 0 Å². The summed E-state index contributed by atoms with van der Waals surface area (Å²) in [7, 11) is 0. The highest BCUT2D eigenvalue weighted by atomic mass is 16.5. The lowest BCUT2D eigenvalue weighted by Crippen LogP contribution is -2.46. The SMILES string of the molecule is CCCCCc1cc(OC2CCN(CC(C)(C)CNC(=O)CC)CC2)c2ncccc2c1. The molecule has 2 heterocycles. The zero-order valence-electron chi connectivity index (χ0n) is 20.5. The van der Waals surface area contributed by atoms with Crippen LogP contribution in [0.25, 0.3) is 10.9 Å². The van der Waals surface area contributed by atoms with Gasteiger partial charge in [-0.3, -0.25) is 9.78 Å². The summed E-state index contributed by atoms with van der Waals surface area (Å²) in [6.07, 6.45) is 9.47. The molecular formula is C27H41N3O2. The highest BCUT2D eigenvalue weighted by Crippen LogP contribution is 2.30. The lowest BCUT2D eigenvalue weighted by atomic mass is 9.91. The number of rotatable bonds is 11. The molecule has 1 amide bonds. The molecule has 1 aliphatic rings. The van der Waals surface area contributed by atoms with Gasteiger partial charge in [0.2, 0.25) is 5.91 Å². The summed E-state index contributed by atoms with van der Waals surface area (Å²) in [6.45, 7) is 12.4. The molecule has 0 unspecified atom stereocenters. The second-order valence-electron chi connectivity index (χ2n) is 10.0. The maximum Gasteiger partial charge on any atom is 0.219 e. The minimum absolute atomic E-state index is 0.0610. The van der Waals surface area contributed by atoms with Crippen LogP contribution < -0.4 is 10.1 Å². The summed E-state index contributed by atoms with van der Waals surface area (Å²) >= 11 is 0. The average molecular weight is 440 g/mol. The van der Waals surface area contributed by atoms with Crippen LogP contribution in [0.5, 0.6) is 5.75 Å². The highest BCUT2D eigenvalue weighted by molar-refractivity contribution is 5.85. The number of nitrogens with one attached hydrogen (secondary N) is 1. The van der Waals surface area contributed by atoms with Gasteiger partial charge >= 0.3 is 0 Å². The number of aryl methyl sites for hydroxylation is 1. The Labute approximate surface area is 193 Å². The van der Waals surface area contributed by atoms with E-state index in [1.165, 1.54) is 30.2 Å². The summed E-state index contributed by atoms with van der Waals surface area (Å²) < 4.78 is 6.54. The molecule has 1 aromatic heterocycles. The molecule has 1 fully saturated rings. The summed E-state index contributed by atoms with van der Waals surface area (Å²) in [5.74, 6) is 1.07. The number of hydrogen-bond acceptors (Lipinski definition) is 4. The number of carbonyl (C=O) groups excluding carboxylic acids is 1. The Kier molecular flexibility index (Phi) is 8.92. The Morgan fingerprint density at radius 3 is 2.72 bits per heavy atom. The second-order valence-corrected chi connectivity index (χ2v) is 10.0. The number of fused-ring (bicyclic) bond motifs is 1. The quantitative estimate of drug-likeness (QED) is 0.479. The van der Waals surface area contributed by atoms with E-state index >= 15 is 0 Å². The van der Waals surface area contributed by atoms with E-state index in [1.807, 2.05) is 19.2 Å². The molecule has 0 atom stereocenters. The summed E-state index contributed by atoms with van der Waals surface area (Å²) in [6, 6.07) is 8.63. The molecule has 3 rings (SSSR count). The van der Waals surface area contributed by atoms with Crippen molar-refractivity contribution in [1.82, 2.24) is 15.2 Å². The minimum atomic E-state index is 0.0610. The maximum atomic E-state index is 11.6. The molecule has 1 saturated heterocycles. The molecule has 0 bridgehead atoms. The smallest absolute Gasteiger partial charge is 0.219 e. The third-order valence-electron chi connectivity index (χ3n) is 6.36. The first-order chi connectivity index (χ1) is 15.4. The van der Waals surface area contributed by atoms with Crippen molar-refractivity contribution in [3.63, 3.8) is 0 Å². The van der Waals surface area contributed by atoms with Gasteiger partial charge in [-0.25, -0.2) is 0 Å². The first-order valence-electron chi connectivity index (χ1n) is 12.4. The number of likely N-dealkylation sites (tertiary alicyclic amines) is 1. The lowest BCUT2D eigenvalue weighted by molar-refractivity contribution is -0.121. The molecule has 32 heavy (non-hydrogen) atoms. The Morgan fingerprint density at radius 1 is 1.22 bits per heavy atom. The van der Waals surface area contributed by atoms with Gasteiger partial charge in [0.05, 0.1) is 0 Å². The van der Waals surface area contributed by atoms with Crippen LogP contribution in [0, 0.1) is 5.41 Å². The third kappa shape index (κ3) is 7.19. The largest absolute Gasteiger partial charge is 0.488 e. The normalized spacial score (nSPS) is 15.8. The molecular weight excluding hydrogens is 398 g/mol. The van der Waals surface area contributed by atoms with Crippen LogP contribution in [0.2, 0.25) is 0 Å². The molecule has 176 valence electrons. The van der Waals surface area contributed by atoms with E-state index in [4.69, 9.17) is 4.74 Å². The molecule has 5 heteroatoms. The number of carbonyl (C=O) groups is 1. The molecule has 5 nitrogen and oxygen atoms in total. The third-order valence-corrected chi connectivity index (χ3v) is 6.36. The zero-order valence-corrected chi connectivity index (χ0v) is 20.5. The van der Waals surface area contributed by atoms with Crippen LogP contribution in [0.3, 0.4) is 0 Å². The molecule has 0 saturated carbocycles. The number of hydrogen-bond donors (Lipinski definition) is 1. The van der Waals surface area contributed by atoms with E-state index in [9.17, 15) is 4.79 Å². The fourth-order valence-electron chi connectivity index (χ4n) is 4.52. The van der Waals surface area contributed by atoms with Gasteiger partial charge in [0.1, 0.15) is 17.4 Å². The first kappa shape index (κ1) is 24.5. The number of ether oxygens (including phenoxy) is 1. The van der Waals surface area contributed by atoms with Crippen molar-refractivity contribution in [1.29, 1.82) is 0 Å². The van der Waals surface area contributed by atoms with Crippen molar-refractivity contribution in [2.24, 2.45) is 5.41 Å². The van der Waals surface area contributed by atoms with Crippen molar-refractivity contribution >= 4 is 16.8 Å². The van der Waals surface area contributed by atoms with Crippen LogP contribution in [0.15, 0.2) is 30.5 Å². The van der Waals surface area contributed by atoms with E-state index in [0.29, 0.717) is 6.42 Å². The molecule has 1 N–H and O–H groups in total. The van der Waals surface area contributed by atoms with E-state index in [0.717, 1.165) is 56.7 Å². The predicted molar refractivity (Wildman–Crippen MR) is 132 cm³/mol. The number of amides is 1. The van der Waals surface area contributed by atoms with Gasteiger partial charge in [0.15, 0.2) is 0 Å². The van der Waals surface area contributed by atoms with Crippen LogP contribution in [0.1, 0.15) is 71.8 Å². The number of nitrogens with zero attached hydrogens (tertiary/aromatic N) is 2. The first-order valence-corrected chi connectivity index (χ1v) is 12.4. The van der Waals surface area contributed by atoms with Gasteiger partial charge < -0.3 is 15.0 Å². The van der Waals surface area contributed by atoms with Gasteiger partial charge in [-0.15, -0.1) is 0 Å². The summed E-state index contributed by atoms with van der Waals surface area (Å²) in [5, 5.41) is 4.22. The highest BCUT2D eigenvalue weighted by Gasteiger charge is 2.27. The van der Waals surface area contributed by atoms with Crippen LogP contribution in [-0.4, -0.2) is 48.1 Å². The van der Waals surface area contributed by atoms with Crippen LogP contribution in [0.4, 0.5) is 0 Å². The molecule has 0 spiro atoms. The van der Waals surface area contributed by atoms with Crippen molar-refractivity contribution in [2.45, 2.75) is 78.7 Å². The Bertz CT molecular complexity index is 872. The molecule has 0 aliphatic carbocycles. The van der Waals surface area contributed by atoms with Gasteiger partial charge in [-0.1, -0.05) is 46.6 Å². The fourth-order valence-corrected chi connectivity index (χ4v) is 4.52. The van der Waals surface area contributed by atoms with Crippen molar-refractivity contribution in [2.75, 3.05) is 26.2 Å². The van der Waals surface area contributed by atoms with Crippen molar-refractivity contribution in [3.05, 3.63) is 36.0 Å². The topological polar surface area (TPSA) is 54.5 Å². The number of benzene rings is 1. The predicted octanol–water partition coefficient (Wildman–Crippen LogP) is 5.36. The van der Waals surface area contributed by atoms with Gasteiger partial charge in [0, 0.05) is 44.2 Å². The number of unbranched alkanes of at least 4 members (excludes halogenated alkanes) is 2. The fraction of sp³-hybridized carbons (Fsp3) is 0.630. The lowest BCUT2D eigenvalue weighted by Gasteiger charge is -2.37. The van der Waals surface area contributed by atoms with E-state index in [2.05, 4.69) is 54.2 Å².